The number of benzene rings is 1. The van der Waals surface area contributed by atoms with Gasteiger partial charge in [0.15, 0.2) is 0 Å². The van der Waals surface area contributed by atoms with E-state index in [-0.39, 0.29) is 25.6 Å². The maximum atomic E-state index is 11.4. The topological polar surface area (TPSA) is 55.6 Å². The van der Waals surface area contributed by atoms with Crippen molar-refractivity contribution in [1.29, 1.82) is 0 Å². The van der Waals surface area contributed by atoms with Crippen LogP contribution in [0.15, 0.2) is 30.3 Å². The first kappa shape index (κ1) is 11.4. The SMILES string of the molecule is NC(=O)N1[C@@H]2CC[C@H]1CC(Oc1ccccc1)C2.[HH]. The van der Waals surface area contributed by atoms with Crippen LogP contribution in [0.25, 0.3) is 0 Å². The van der Waals surface area contributed by atoms with Gasteiger partial charge in [-0.1, -0.05) is 18.2 Å². The molecule has 3 rings (SSSR count). The molecule has 1 unspecified atom stereocenters. The summed E-state index contributed by atoms with van der Waals surface area (Å²) in [5, 5.41) is 0. The van der Waals surface area contributed by atoms with Crippen molar-refractivity contribution in [3.05, 3.63) is 30.3 Å². The zero-order chi connectivity index (χ0) is 12.5. The van der Waals surface area contributed by atoms with E-state index in [0.29, 0.717) is 0 Å². The largest absolute Gasteiger partial charge is 0.490 e. The predicted molar refractivity (Wildman–Crippen MR) is 70.4 cm³/mol. The quantitative estimate of drug-likeness (QED) is 0.873. The summed E-state index contributed by atoms with van der Waals surface area (Å²) in [4.78, 5) is 13.2. The molecule has 0 saturated carbocycles. The van der Waals surface area contributed by atoms with Gasteiger partial charge in [0.1, 0.15) is 11.9 Å². The summed E-state index contributed by atoms with van der Waals surface area (Å²) in [5.74, 6) is 0.912. The summed E-state index contributed by atoms with van der Waals surface area (Å²) < 4.78 is 5.99. The summed E-state index contributed by atoms with van der Waals surface area (Å²) >= 11 is 0. The minimum Gasteiger partial charge on any atom is -0.490 e. The molecule has 98 valence electrons. The van der Waals surface area contributed by atoms with Gasteiger partial charge in [-0.3, -0.25) is 0 Å². The number of carbonyl (C=O) groups is 1. The van der Waals surface area contributed by atoms with E-state index >= 15 is 0 Å². The minimum atomic E-state index is -0.277. The van der Waals surface area contributed by atoms with E-state index in [2.05, 4.69) is 0 Å². The summed E-state index contributed by atoms with van der Waals surface area (Å²) in [5.41, 5.74) is 5.43. The van der Waals surface area contributed by atoms with Crippen molar-refractivity contribution in [2.75, 3.05) is 0 Å². The lowest BCUT2D eigenvalue weighted by molar-refractivity contribution is 0.0718. The van der Waals surface area contributed by atoms with Gasteiger partial charge in [-0.25, -0.2) is 4.79 Å². The van der Waals surface area contributed by atoms with Crippen molar-refractivity contribution in [3.8, 4) is 5.75 Å². The first-order chi connectivity index (χ1) is 8.74. The molecule has 0 radical (unpaired) electrons. The Hall–Kier alpha value is -1.71. The Balaban J connectivity index is 0.00000133. The molecular weight excluding hydrogens is 228 g/mol. The van der Waals surface area contributed by atoms with Crippen molar-refractivity contribution in [3.63, 3.8) is 0 Å². The molecule has 4 heteroatoms. The number of urea groups is 1. The van der Waals surface area contributed by atoms with Gasteiger partial charge in [-0.2, -0.15) is 0 Å². The van der Waals surface area contributed by atoms with Gasteiger partial charge in [-0.05, 0) is 25.0 Å². The number of rotatable bonds is 2. The fourth-order valence-corrected chi connectivity index (χ4v) is 3.27. The minimum absolute atomic E-state index is 0. The van der Waals surface area contributed by atoms with E-state index in [9.17, 15) is 4.79 Å². The standard InChI is InChI=1S/C14H18N2O2.H2/c15-14(17)16-10-6-7-11(16)9-13(8-10)18-12-4-2-1-3-5-12;/h1-5,10-11,13H,6-9H2,(H2,15,17);1H/t10-,11+,13?;. The second kappa shape index (κ2) is 4.52. The van der Waals surface area contributed by atoms with E-state index in [1.807, 2.05) is 35.2 Å². The van der Waals surface area contributed by atoms with E-state index < -0.39 is 0 Å². The van der Waals surface area contributed by atoms with E-state index in [0.717, 1.165) is 31.4 Å². The fourth-order valence-electron chi connectivity index (χ4n) is 3.27. The van der Waals surface area contributed by atoms with Crippen LogP contribution in [0, 0.1) is 0 Å². The molecule has 18 heavy (non-hydrogen) atoms. The van der Waals surface area contributed by atoms with Crippen LogP contribution >= 0.6 is 0 Å². The summed E-state index contributed by atoms with van der Waals surface area (Å²) in [7, 11) is 0. The van der Waals surface area contributed by atoms with Crippen LogP contribution in [0.2, 0.25) is 0 Å². The average Bonchev–Trinajstić information content (AvgIpc) is 2.63. The van der Waals surface area contributed by atoms with Crippen LogP contribution in [-0.4, -0.2) is 29.1 Å². The van der Waals surface area contributed by atoms with Gasteiger partial charge in [0, 0.05) is 26.4 Å². The molecule has 3 atom stereocenters. The number of hydrogen-bond donors (Lipinski definition) is 1. The number of hydrogen-bond acceptors (Lipinski definition) is 2. The molecule has 2 aliphatic heterocycles. The predicted octanol–water partition coefficient (Wildman–Crippen LogP) is 2.39. The molecule has 1 aromatic carbocycles. The molecule has 0 spiro atoms. The maximum absolute atomic E-state index is 11.4. The number of amides is 2. The first-order valence-electron chi connectivity index (χ1n) is 6.53. The van der Waals surface area contributed by atoms with Gasteiger partial charge in [0.05, 0.1) is 0 Å². The first-order valence-corrected chi connectivity index (χ1v) is 6.53. The maximum Gasteiger partial charge on any atom is 0.315 e. The third-order valence-corrected chi connectivity index (χ3v) is 3.99. The van der Waals surface area contributed by atoms with Gasteiger partial charge < -0.3 is 15.4 Å². The molecule has 1 aromatic rings. The van der Waals surface area contributed by atoms with Gasteiger partial charge in [0.25, 0.3) is 0 Å². The highest BCUT2D eigenvalue weighted by Crippen LogP contribution is 2.36. The van der Waals surface area contributed by atoms with Crippen molar-refractivity contribution >= 4 is 6.03 Å². The number of primary amides is 1. The Morgan fingerprint density at radius 3 is 2.39 bits per heavy atom. The van der Waals surface area contributed by atoms with Crippen LogP contribution in [0.3, 0.4) is 0 Å². The molecule has 0 aromatic heterocycles. The molecular formula is C14H20N2O2. The fraction of sp³-hybridized carbons (Fsp3) is 0.500. The van der Waals surface area contributed by atoms with Crippen molar-refractivity contribution < 1.29 is 11.0 Å². The summed E-state index contributed by atoms with van der Waals surface area (Å²) in [6.07, 6.45) is 4.12. The second-order valence-corrected chi connectivity index (χ2v) is 5.15. The smallest absolute Gasteiger partial charge is 0.315 e. The zero-order valence-corrected chi connectivity index (χ0v) is 10.3. The Morgan fingerprint density at radius 1 is 1.22 bits per heavy atom. The van der Waals surface area contributed by atoms with Crippen molar-refractivity contribution in [1.82, 2.24) is 4.90 Å². The molecule has 2 amide bonds. The number of piperidine rings is 1. The third-order valence-electron chi connectivity index (χ3n) is 3.99. The summed E-state index contributed by atoms with van der Waals surface area (Å²) in [6.45, 7) is 0. The highest BCUT2D eigenvalue weighted by molar-refractivity contribution is 5.73. The Morgan fingerprint density at radius 2 is 1.83 bits per heavy atom. The van der Waals surface area contributed by atoms with Crippen LogP contribution in [0.5, 0.6) is 5.75 Å². The molecule has 2 bridgehead atoms. The number of ether oxygens (including phenoxy) is 1. The highest BCUT2D eigenvalue weighted by atomic mass is 16.5. The van der Waals surface area contributed by atoms with Crippen molar-refractivity contribution in [2.45, 2.75) is 43.9 Å². The number of para-hydroxylation sites is 1. The Kier molecular flexibility index (Phi) is 2.86. The molecule has 0 aliphatic carbocycles. The van der Waals surface area contributed by atoms with Crippen LogP contribution in [0.1, 0.15) is 27.1 Å². The normalized spacial score (nSPS) is 30.2. The van der Waals surface area contributed by atoms with Gasteiger partial charge in [0.2, 0.25) is 0 Å². The third kappa shape index (κ3) is 2.03. The number of nitrogens with two attached hydrogens (primary N) is 1. The molecule has 2 fully saturated rings. The van der Waals surface area contributed by atoms with Crippen LogP contribution < -0.4 is 10.5 Å². The second-order valence-electron chi connectivity index (χ2n) is 5.15. The molecule has 2 N–H and O–H groups in total. The highest BCUT2D eigenvalue weighted by Gasteiger charge is 2.43. The lowest BCUT2D eigenvalue weighted by Crippen LogP contribution is -2.51. The lowest BCUT2D eigenvalue weighted by atomic mass is 10.00. The summed E-state index contributed by atoms with van der Waals surface area (Å²) in [6, 6.07) is 10.1. The van der Waals surface area contributed by atoms with E-state index in [1.54, 1.807) is 0 Å². The monoisotopic (exact) mass is 248 g/mol. The number of carbonyl (C=O) groups excluding carboxylic acids is 1. The molecule has 2 heterocycles. The van der Waals surface area contributed by atoms with E-state index in [4.69, 9.17) is 10.5 Å². The van der Waals surface area contributed by atoms with Crippen molar-refractivity contribution in [2.24, 2.45) is 5.73 Å². The van der Waals surface area contributed by atoms with Crippen LogP contribution in [-0.2, 0) is 0 Å². The molecule has 4 nitrogen and oxygen atoms in total. The van der Waals surface area contributed by atoms with E-state index in [1.165, 1.54) is 0 Å². The van der Waals surface area contributed by atoms with Gasteiger partial charge >= 0.3 is 6.03 Å². The van der Waals surface area contributed by atoms with Crippen LogP contribution in [0.4, 0.5) is 4.79 Å². The van der Waals surface area contributed by atoms with Gasteiger partial charge in [-0.15, -0.1) is 0 Å². The number of fused-ring (bicyclic) bond motifs is 2. The molecule has 2 saturated heterocycles. The zero-order valence-electron chi connectivity index (χ0n) is 10.3. The number of nitrogens with zero attached hydrogens (tertiary/aromatic N) is 1. The Labute approximate surface area is 108 Å². The Bertz CT molecular complexity index is 426. The molecule has 2 aliphatic rings. The lowest BCUT2D eigenvalue weighted by Gasteiger charge is -2.37. The average molecular weight is 248 g/mol.